The molecule has 2 nitrogen and oxygen atoms in total. The number of aromatic nitrogens is 1. The molecule has 0 aliphatic rings. The summed E-state index contributed by atoms with van der Waals surface area (Å²) in [5.41, 5.74) is 16.4. The Morgan fingerprint density at radius 3 is 1.54 bits per heavy atom. The van der Waals surface area contributed by atoms with E-state index in [1.54, 1.807) is 0 Å². The molecule has 56 heavy (non-hydrogen) atoms. The first-order valence-electron chi connectivity index (χ1n) is 19.2. The van der Waals surface area contributed by atoms with Crippen molar-refractivity contribution in [1.29, 1.82) is 0 Å². The summed E-state index contributed by atoms with van der Waals surface area (Å²) in [6, 6.07) is 83.0. The summed E-state index contributed by atoms with van der Waals surface area (Å²) >= 11 is 0. The summed E-state index contributed by atoms with van der Waals surface area (Å²) in [6.45, 7) is 0. The molecule has 0 saturated heterocycles. The first-order valence-corrected chi connectivity index (χ1v) is 19.2. The molecule has 9 aromatic carbocycles. The highest BCUT2D eigenvalue weighted by atomic mass is 15.1. The molecule has 0 N–H and O–H groups in total. The Kier molecular flexibility index (Phi) is 8.55. The lowest BCUT2D eigenvalue weighted by atomic mass is 9.91. The molecule has 0 saturated carbocycles. The van der Waals surface area contributed by atoms with E-state index in [-0.39, 0.29) is 0 Å². The first kappa shape index (κ1) is 33.2. The fraction of sp³-hybridized carbons (Fsp3) is 0. The third kappa shape index (κ3) is 6.14. The molecule has 0 aliphatic heterocycles. The fourth-order valence-corrected chi connectivity index (χ4v) is 8.11. The molecule has 10 aromatic rings. The molecular formula is C54H38N2. The van der Waals surface area contributed by atoms with Crippen LogP contribution in [0.4, 0.5) is 17.1 Å². The third-order valence-corrected chi connectivity index (χ3v) is 10.8. The van der Waals surface area contributed by atoms with Crippen LogP contribution in [-0.2, 0) is 0 Å². The van der Waals surface area contributed by atoms with Crippen LogP contribution in [0.15, 0.2) is 231 Å². The summed E-state index contributed by atoms with van der Waals surface area (Å²) in [7, 11) is 0. The molecule has 1 aromatic heterocycles. The smallest absolute Gasteiger partial charge is 0.0541 e. The maximum Gasteiger partial charge on any atom is 0.0541 e. The van der Waals surface area contributed by atoms with Crippen LogP contribution in [0.5, 0.6) is 0 Å². The Bertz CT molecular complexity index is 2930. The van der Waals surface area contributed by atoms with Crippen LogP contribution in [0.3, 0.4) is 0 Å². The topological polar surface area (TPSA) is 8.17 Å². The number of anilines is 3. The van der Waals surface area contributed by atoms with Gasteiger partial charge in [0.25, 0.3) is 0 Å². The zero-order chi connectivity index (χ0) is 37.3. The lowest BCUT2D eigenvalue weighted by Gasteiger charge is -2.27. The molecule has 0 unspecified atom stereocenters. The summed E-state index contributed by atoms with van der Waals surface area (Å²) < 4.78 is 2.37. The van der Waals surface area contributed by atoms with Gasteiger partial charge in [0.2, 0.25) is 0 Å². The number of para-hydroxylation sites is 3. The van der Waals surface area contributed by atoms with Crippen molar-refractivity contribution in [3.05, 3.63) is 231 Å². The standard InChI is InChI=1S/C54H38N2/c1-5-16-39(17-6-1)40-28-31-47(32-29-40)55(45-22-9-3-10-23-45)48-33-34-49(41-18-7-2-8-19-41)51(38-48)44-21-15-20-42(36-44)43-30-35-54-52(37-43)50-26-13-14-27-53(50)56(54)46-24-11-4-12-25-46/h1-38H. The predicted octanol–water partition coefficient (Wildman–Crippen LogP) is 14.9. The second-order valence-corrected chi connectivity index (χ2v) is 14.2. The average molecular weight is 715 g/mol. The minimum Gasteiger partial charge on any atom is -0.310 e. The van der Waals surface area contributed by atoms with Crippen molar-refractivity contribution >= 4 is 38.9 Å². The lowest BCUT2D eigenvalue weighted by molar-refractivity contribution is 1.18. The van der Waals surface area contributed by atoms with Crippen LogP contribution >= 0.6 is 0 Å². The Balaban J connectivity index is 1.11. The SMILES string of the molecule is c1ccc(-c2ccc(N(c3ccccc3)c3ccc(-c4ccccc4)c(-c4cccc(-c5ccc6c(c5)c5ccccc5n6-c5ccccc5)c4)c3)cc2)cc1. The number of fused-ring (bicyclic) bond motifs is 3. The van der Waals surface area contributed by atoms with E-state index in [0.717, 1.165) is 17.1 Å². The normalized spacial score (nSPS) is 11.2. The Morgan fingerprint density at radius 2 is 0.786 bits per heavy atom. The molecule has 0 radical (unpaired) electrons. The van der Waals surface area contributed by atoms with Crippen molar-refractivity contribution in [2.75, 3.05) is 4.90 Å². The molecule has 0 spiro atoms. The highest BCUT2D eigenvalue weighted by Crippen LogP contribution is 2.42. The van der Waals surface area contributed by atoms with E-state index < -0.39 is 0 Å². The molecule has 0 amide bonds. The second-order valence-electron chi connectivity index (χ2n) is 14.2. The predicted molar refractivity (Wildman–Crippen MR) is 237 cm³/mol. The van der Waals surface area contributed by atoms with E-state index in [9.17, 15) is 0 Å². The molecule has 10 rings (SSSR count). The largest absolute Gasteiger partial charge is 0.310 e. The van der Waals surface area contributed by atoms with Gasteiger partial charge in [-0.3, -0.25) is 0 Å². The van der Waals surface area contributed by atoms with Gasteiger partial charge in [0.15, 0.2) is 0 Å². The third-order valence-electron chi connectivity index (χ3n) is 10.8. The minimum atomic E-state index is 1.10. The van der Waals surface area contributed by atoms with Crippen molar-refractivity contribution in [3.63, 3.8) is 0 Å². The summed E-state index contributed by atoms with van der Waals surface area (Å²) in [4.78, 5) is 2.35. The van der Waals surface area contributed by atoms with Gasteiger partial charge in [0, 0.05) is 33.5 Å². The zero-order valence-electron chi connectivity index (χ0n) is 30.8. The van der Waals surface area contributed by atoms with Gasteiger partial charge in [-0.15, -0.1) is 0 Å². The van der Waals surface area contributed by atoms with Crippen LogP contribution in [0, 0.1) is 0 Å². The Labute approximate surface area is 327 Å². The summed E-state index contributed by atoms with van der Waals surface area (Å²) in [5.74, 6) is 0. The molecule has 0 fully saturated rings. The first-order chi connectivity index (χ1) is 27.8. The van der Waals surface area contributed by atoms with Gasteiger partial charge in [-0.25, -0.2) is 0 Å². The van der Waals surface area contributed by atoms with Crippen LogP contribution in [-0.4, -0.2) is 4.57 Å². The zero-order valence-corrected chi connectivity index (χ0v) is 30.8. The number of benzene rings is 9. The lowest BCUT2D eigenvalue weighted by Crippen LogP contribution is -2.10. The quantitative estimate of drug-likeness (QED) is 0.152. The van der Waals surface area contributed by atoms with E-state index >= 15 is 0 Å². The van der Waals surface area contributed by atoms with Gasteiger partial charge in [-0.1, -0.05) is 158 Å². The van der Waals surface area contributed by atoms with Crippen molar-refractivity contribution in [1.82, 2.24) is 4.57 Å². The van der Waals surface area contributed by atoms with Crippen molar-refractivity contribution in [2.45, 2.75) is 0 Å². The van der Waals surface area contributed by atoms with Gasteiger partial charge in [0.05, 0.1) is 11.0 Å². The highest BCUT2D eigenvalue weighted by Gasteiger charge is 2.18. The number of hydrogen-bond acceptors (Lipinski definition) is 1. The van der Waals surface area contributed by atoms with Gasteiger partial charge in [0.1, 0.15) is 0 Å². The average Bonchev–Trinajstić information content (AvgIpc) is 3.62. The van der Waals surface area contributed by atoms with E-state index in [1.165, 1.54) is 72.0 Å². The van der Waals surface area contributed by atoms with E-state index in [1.807, 2.05) is 0 Å². The molecule has 0 aliphatic carbocycles. The molecular weight excluding hydrogens is 677 g/mol. The van der Waals surface area contributed by atoms with Gasteiger partial charge in [-0.2, -0.15) is 0 Å². The van der Waals surface area contributed by atoms with Crippen LogP contribution in [0.25, 0.3) is 72.0 Å². The van der Waals surface area contributed by atoms with E-state index in [0.29, 0.717) is 0 Å². The van der Waals surface area contributed by atoms with Crippen molar-refractivity contribution < 1.29 is 0 Å². The van der Waals surface area contributed by atoms with Crippen LogP contribution in [0.1, 0.15) is 0 Å². The molecule has 264 valence electrons. The maximum absolute atomic E-state index is 2.37. The molecule has 2 heteroatoms. The molecule has 0 atom stereocenters. The van der Waals surface area contributed by atoms with Gasteiger partial charge in [-0.05, 0) is 117 Å². The molecule has 1 heterocycles. The second kappa shape index (κ2) is 14.4. The Morgan fingerprint density at radius 1 is 0.268 bits per heavy atom. The van der Waals surface area contributed by atoms with Crippen molar-refractivity contribution in [2.24, 2.45) is 0 Å². The number of hydrogen-bond donors (Lipinski definition) is 0. The Hall–Kier alpha value is -7.42. The van der Waals surface area contributed by atoms with Crippen LogP contribution < -0.4 is 4.90 Å². The van der Waals surface area contributed by atoms with Crippen molar-refractivity contribution in [3.8, 4) is 50.2 Å². The highest BCUT2D eigenvalue weighted by molar-refractivity contribution is 6.10. The minimum absolute atomic E-state index is 1.10. The number of nitrogens with zero attached hydrogens (tertiary/aromatic N) is 2. The van der Waals surface area contributed by atoms with E-state index in [4.69, 9.17) is 0 Å². The van der Waals surface area contributed by atoms with Gasteiger partial charge >= 0.3 is 0 Å². The maximum atomic E-state index is 2.37. The van der Waals surface area contributed by atoms with Gasteiger partial charge < -0.3 is 9.47 Å². The molecule has 0 bridgehead atoms. The van der Waals surface area contributed by atoms with E-state index in [2.05, 4.69) is 240 Å². The monoisotopic (exact) mass is 714 g/mol. The summed E-state index contributed by atoms with van der Waals surface area (Å²) in [6.07, 6.45) is 0. The number of rotatable bonds is 8. The fourth-order valence-electron chi connectivity index (χ4n) is 8.11. The summed E-state index contributed by atoms with van der Waals surface area (Å²) in [5, 5.41) is 2.50. The van der Waals surface area contributed by atoms with Crippen LogP contribution in [0.2, 0.25) is 0 Å².